The molecule has 0 bridgehead atoms. The van der Waals surface area contributed by atoms with E-state index < -0.39 is 16.8 Å². The van der Waals surface area contributed by atoms with Crippen molar-refractivity contribution in [3.8, 4) is 0 Å². The van der Waals surface area contributed by atoms with Gasteiger partial charge >= 0.3 is 0 Å². The number of halogens is 1. The summed E-state index contributed by atoms with van der Waals surface area (Å²) in [5, 5.41) is 2.74. The number of nitrogens with two attached hydrogens (primary N) is 1. The molecule has 0 fully saturated rings. The van der Waals surface area contributed by atoms with Crippen LogP contribution in [0, 0.1) is 0 Å². The molecule has 0 saturated heterocycles. The first-order chi connectivity index (χ1) is 8.54. The Morgan fingerprint density at radius 3 is 2.79 bits per heavy atom. The van der Waals surface area contributed by atoms with Gasteiger partial charge in [0.1, 0.15) is 0 Å². The van der Waals surface area contributed by atoms with Crippen molar-refractivity contribution in [2.24, 2.45) is 5.73 Å². The average Bonchev–Trinajstić information content (AvgIpc) is 2.36. The van der Waals surface area contributed by atoms with Crippen molar-refractivity contribution in [1.82, 2.24) is 0 Å². The standard InChI is InChI=1S/C12H18N2O2S2.ClH/c1-17-7-6-11(13)12(15)14-9-4-3-5-10(8-9)18(2)16;/h3-5,8,11H,6-7,13H2,1-2H3,(H,14,15);1H/t11-,18?;/m0./s1. The molecule has 0 radical (unpaired) electrons. The molecule has 1 rings (SSSR count). The molecular formula is C12H19ClN2O2S2. The van der Waals surface area contributed by atoms with Crippen molar-refractivity contribution in [3.05, 3.63) is 24.3 Å². The van der Waals surface area contributed by atoms with Gasteiger partial charge in [0.2, 0.25) is 5.91 Å². The predicted molar refractivity (Wildman–Crippen MR) is 85.6 cm³/mol. The lowest BCUT2D eigenvalue weighted by atomic mass is 10.2. The van der Waals surface area contributed by atoms with Gasteiger partial charge < -0.3 is 11.1 Å². The van der Waals surface area contributed by atoms with Gasteiger partial charge in [-0.1, -0.05) is 6.07 Å². The number of carbonyl (C=O) groups is 1. The van der Waals surface area contributed by atoms with Gasteiger partial charge in [0.25, 0.3) is 0 Å². The molecule has 1 amide bonds. The Morgan fingerprint density at radius 1 is 1.53 bits per heavy atom. The van der Waals surface area contributed by atoms with Crippen LogP contribution in [-0.4, -0.2) is 34.4 Å². The smallest absolute Gasteiger partial charge is 0.241 e. The van der Waals surface area contributed by atoms with Gasteiger partial charge in [0.15, 0.2) is 0 Å². The van der Waals surface area contributed by atoms with Gasteiger partial charge in [-0.3, -0.25) is 9.00 Å². The van der Waals surface area contributed by atoms with Crippen molar-refractivity contribution in [2.75, 3.05) is 23.6 Å². The van der Waals surface area contributed by atoms with E-state index in [1.807, 2.05) is 6.26 Å². The molecule has 0 aliphatic carbocycles. The Kier molecular flexibility index (Phi) is 9.08. The lowest BCUT2D eigenvalue weighted by Crippen LogP contribution is -2.36. The zero-order valence-electron chi connectivity index (χ0n) is 10.9. The Morgan fingerprint density at radius 2 is 2.21 bits per heavy atom. The second-order valence-electron chi connectivity index (χ2n) is 3.86. The first kappa shape index (κ1) is 18.4. The van der Waals surface area contributed by atoms with Crippen LogP contribution in [0.15, 0.2) is 29.2 Å². The van der Waals surface area contributed by atoms with Crippen LogP contribution >= 0.6 is 24.2 Å². The van der Waals surface area contributed by atoms with E-state index in [1.165, 1.54) is 0 Å². The highest BCUT2D eigenvalue weighted by molar-refractivity contribution is 7.98. The molecule has 19 heavy (non-hydrogen) atoms. The lowest BCUT2D eigenvalue weighted by Gasteiger charge is -2.12. The van der Waals surface area contributed by atoms with E-state index in [-0.39, 0.29) is 18.3 Å². The third kappa shape index (κ3) is 6.42. The maximum absolute atomic E-state index is 11.8. The van der Waals surface area contributed by atoms with E-state index in [9.17, 15) is 9.00 Å². The minimum absolute atomic E-state index is 0. The quantitative estimate of drug-likeness (QED) is 0.838. The highest BCUT2D eigenvalue weighted by Gasteiger charge is 2.13. The highest BCUT2D eigenvalue weighted by atomic mass is 35.5. The summed E-state index contributed by atoms with van der Waals surface area (Å²) in [4.78, 5) is 12.5. The number of amides is 1. The number of benzene rings is 1. The van der Waals surface area contributed by atoms with Gasteiger partial charge in [-0.25, -0.2) is 0 Å². The van der Waals surface area contributed by atoms with Crippen molar-refractivity contribution >= 4 is 46.6 Å². The van der Waals surface area contributed by atoms with Crippen molar-refractivity contribution in [3.63, 3.8) is 0 Å². The number of carbonyl (C=O) groups excluding carboxylic acids is 1. The lowest BCUT2D eigenvalue weighted by molar-refractivity contribution is -0.117. The van der Waals surface area contributed by atoms with E-state index in [2.05, 4.69) is 5.32 Å². The van der Waals surface area contributed by atoms with Crippen molar-refractivity contribution in [1.29, 1.82) is 0 Å². The van der Waals surface area contributed by atoms with Gasteiger partial charge in [0.05, 0.1) is 6.04 Å². The summed E-state index contributed by atoms with van der Waals surface area (Å²) in [6, 6.07) is 6.48. The number of hydrogen-bond donors (Lipinski definition) is 2. The highest BCUT2D eigenvalue weighted by Crippen LogP contribution is 2.13. The average molecular weight is 323 g/mol. The summed E-state index contributed by atoms with van der Waals surface area (Å²) in [6.45, 7) is 0. The molecule has 1 aromatic carbocycles. The molecule has 0 aromatic heterocycles. The van der Waals surface area contributed by atoms with Crippen LogP contribution in [0.3, 0.4) is 0 Å². The molecule has 2 atom stereocenters. The minimum atomic E-state index is -1.06. The maximum Gasteiger partial charge on any atom is 0.241 e. The Labute approximate surface area is 126 Å². The number of thioether (sulfide) groups is 1. The SMILES string of the molecule is CSCC[C@H](N)C(=O)Nc1cccc(S(C)=O)c1.Cl. The fraction of sp³-hybridized carbons (Fsp3) is 0.417. The third-order valence-electron chi connectivity index (χ3n) is 2.40. The van der Waals surface area contributed by atoms with E-state index >= 15 is 0 Å². The summed E-state index contributed by atoms with van der Waals surface area (Å²) in [5.74, 6) is 0.649. The van der Waals surface area contributed by atoms with Crippen LogP contribution in [0.2, 0.25) is 0 Å². The molecule has 1 aromatic rings. The summed E-state index contributed by atoms with van der Waals surface area (Å²) in [5.41, 5.74) is 6.40. The molecule has 0 saturated carbocycles. The molecule has 0 aliphatic rings. The van der Waals surface area contributed by atoms with Crippen LogP contribution < -0.4 is 11.1 Å². The van der Waals surface area contributed by atoms with E-state index in [0.29, 0.717) is 17.0 Å². The maximum atomic E-state index is 11.8. The molecule has 1 unspecified atom stereocenters. The minimum Gasteiger partial charge on any atom is -0.325 e. The third-order valence-corrected chi connectivity index (χ3v) is 3.96. The van der Waals surface area contributed by atoms with Crippen molar-refractivity contribution in [2.45, 2.75) is 17.4 Å². The molecular weight excluding hydrogens is 304 g/mol. The topological polar surface area (TPSA) is 72.2 Å². The molecule has 7 heteroatoms. The summed E-state index contributed by atoms with van der Waals surface area (Å²) in [7, 11) is -1.06. The number of nitrogens with one attached hydrogen (secondary N) is 1. The zero-order valence-corrected chi connectivity index (χ0v) is 13.4. The second kappa shape index (κ2) is 9.36. The number of hydrogen-bond acceptors (Lipinski definition) is 4. The first-order valence-electron chi connectivity index (χ1n) is 5.53. The van der Waals surface area contributed by atoms with Gasteiger partial charge in [0, 0.05) is 27.6 Å². The Bertz CT molecular complexity index is 443. The normalized spacial score (nSPS) is 13.2. The fourth-order valence-corrected chi connectivity index (χ4v) is 2.42. The summed E-state index contributed by atoms with van der Waals surface area (Å²) >= 11 is 1.66. The molecule has 108 valence electrons. The van der Waals surface area contributed by atoms with Crippen LogP contribution in [-0.2, 0) is 15.6 Å². The number of anilines is 1. The molecule has 3 N–H and O–H groups in total. The van der Waals surface area contributed by atoms with Crippen LogP contribution in [0.4, 0.5) is 5.69 Å². The first-order valence-corrected chi connectivity index (χ1v) is 8.48. The molecule has 4 nitrogen and oxygen atoms in total. The van der Waals surface area contributed by atoms with Crippen LogP contribution in [0.1, 0.15) is 6.42 Å². The molecule has 0 aliphatic heterocycles. The summed E-state index contributed by atoms with van der Waals surface area (Å²) < 4.78 is 11.3. The monoisotopic (exact) mass is 322 g/mol. The van der Waals surface area contributed by atoms with Crippen LogP contribution in [0.25, 0.3) is 0 Å². The fourth-order valence-electron chi connectivity index (χ4n) is 1.36. The van der Waals surface area contributed by atoms with Gasteiger partial charge in [-0.2, -0.15) is 11.8 Å². The zero-order chi connectivity index (χ0) is 13.5. The second-order valence-corrected chi connectivity index (χ2v) is 6.22. The Balaban J connectivity index is 0.00000324. The largest absolute Gasteiger partial charge is 0.325 e. The molecule has 0 spiro atoms. The molecule has 0 heterocycles. The van der Waals surface area contributed by atoms with Gasteiger partial charge in [-0.15, -0.1) is 12.4 Å². The van der Waals surface area contributed by atoms with Crippen molar-refractivity contribution < 1.29 is 9.00 Å². The number of rotatable bonds is 6. The summed E-state index contributed by atoms with van der Waals surface area (Å²) in [6.07, 6.45) is 4.22. The Hall–Kier alpha value is -0.560. The van der Waals surface area contributed by atoms with Crippen LogP contribution in [0.5, 0.6) is 0 Å². The van der Waals surface area contributed by atoms with E-state index in [0.717, 1.165) is 5.75 Å². The van der Waals surface area contributed by atoms with E-state index in [1.54, 1.807) is 42.3 Å². The predicted octanol–water partition coefficient (Wildman–Crippen LogP) is 1.86. The van der Waals surface area contributed by atoms with Gasteiger partial charge in [-0.05, 0) is 36.6 Å². The van der Waals surface area contributed by atoms with E-state index in [4.69, 9.17) is 5.73 Å².